The number of aliphatic carboxylic acids is 1. The van der Waals surface area contributed by atoms with Crippen LogP contribution in [0.25, 0.3) is 0 Å². The topological polar surface area (TPSA) is 68.2 Å². The monoisotopic (exact) mass is 355 g/mol. The SMILES string of the molecule is COc1cc2c(cc1CN1C[C@@H](C(=O)O)[C@H](c3ccccc3)C1)OCO2. The van der Waals surface area contributed by atoms with Gasteiger partial charge in [-0.3, -0.25) is 9.69 Å². The lowest BCUT2D eigenvalue weighted by Gasteiger charge is -2.18. The van der Waals surface area contributed by atoms with E-state index >= 15 is 0 Å². The molecule has 2 heterocycles. The highest BCUT2D eigenvalue weighted by Crippen LogP contribution is 2.40. The van der Waals surface area contributed by atoms with Crippen molar-refractivity contribution in [3.8, 4) is 17.2 Å². The predicted octanol–water partition coefficient (Wildman–Crippen LogP) is 2.72. The number of ether oxygens (including phenoxy) is 3. The molecule has 1 fully saturated rings. The van der Waals surface area contributed by atoms with Crippen LogP contribution >= 0.6 is 0 Å². The van der Waals surface area contributed by atoms with E-state index in [2.05, 4.69) is 4.90 Å². The van der Waals surface area contributed by atoms with Crippen molar-refractivity contribution in [2.75, 3.05) is 27.0 Å². The molecule has 2 atom stereocenters. The van der Waals surface area contributed by atoms with Crippen LogP contribution in [0.4, 0.5) is 0 Å². The van der Waals surface area contributed by atoms with Crippen LogP contribution in [0.3, 0.4) is 0 Å². The van der Waals surface area contributed by atoms with Crippen molar-refractivity contribution in [1.29, 1.82) is 0 Å². The number of nitrogens with zero attached hydrogens (tertiary/aromatic N) is 1. The van der Waals surface area contributed by atoms with Gasteiger partial charge in [-0.15, -0.1) is 0 Å². The molecule has 0 bridgehead atoms. The van der Waals surface area contributed by atoms with Gasteiger partial charge in [0.2, 0.25) is 6.79 Å². The molecule has 0 radical (unpaired) electrons. The van der Waals surface area contributed by atoms with E-state index in [4.69, 9.17) is 14.2 Å². The Hall–Kier alpha value is -2.73. The molecule has 0 unspecified atom stereocenters. The number of carboxylic acids is 1. The highest BCUT2D eigenvalue weighted by Gasteiger charge is 2.38. The maximum atomic E-state index is 11.8. The fourth-order valence-corrected chi connectivity index (χ4v) is 3.82. The Morgan fingerprint density at radius 3 is 2.62 bits per heavy atom. The third-order valence-corrected chi connectivity index (χ3v) is 5.11. The van der Waals surface area contributed by atoms with Gasteiger partial charge < -0.3 is 19.3 Å². The van der Waals surface area contributed by atoms with Crippen LogP contribution in [-0.2, 0) is 11.3 Å². The molecule has 1 N–H and O–H groups in total. The van der Waals surface area contributed by atoms with Crippen LogP contribution in [0, 0.1) is 5.92 Å². The largest absolute Gasteiger partial charge is 0.496 e. The summed E-state index contributed by atoms with van der Waals surface area (Å²) in [5.74, 6) is 0.918. The molecule has 2 aliphatic heterocycles. The molecular weight excluding hydrogens is 334 g/mol. The van der Waals surface area contributed by atoms with Crippen molar-refractivity contribution in [3.05, 3.63) is 53.6 Å². The number of rotatable bonds is 5. The summed E-state index contributed by atoms with van der Waals surface area (Å²) >= 11 is 0. The molecule has 0 spiro atoms. The van der Waals surface area contributed by atoms with Crippen molar-refractivity contribution in [2.24, 2.45) is 5.92 Å². The number of fused-ring (bicyclic) bond motifs is 1. The van der Waals surface area contributed by atoms with E-state index < -0.39 is 11.9 Å². The normalized spacial score (nSPS) is 21.7. The van der Waals surface area contributed by atoms with Gasteiger partial charge in [0.15, 0.2) is 11.5 Å². The molecule has 2 aliphatic rings. The molecule has 0 aromatic heterocycles. The van der Waals surface area contributed by atoms with Gasteiger partial charge >= 0.3 is 5.97 Å². The standard InChI is InChI=1S/C20H21NO5/c1-24-17-8-19-18(25-12-26-19)7-14(17)9-21-10-15(16(11-21)20(22)23)13-5-3-2-4-6-13/h2-8,15-16H,9-12H2,1H3,(H,22,23)/t15-,16+/m0/s1. The molecule has 136 valence electrons. The summed E-state index contributed by atoms with van der Waals surface area (Å²) in [6, 6.07) is 13.6. The highest BCUT2D eigenvalue weighted by atomic mass is 16.7. The fourth-order valence-electron chi connectivity index (χ4n) is 3.82. The van der Waals surface area contributed by atoms with Crippen LogP contribution in [-0.4, -0.2) is 43.0 Å². The molecule has 6 heteroatoms. The maximum Gasteiger partial charge on any atom is 0.308 e. The first-order chi connectivity index (χ1) is 12.7. The number of likely N-dealkylation sites (tertiary alicyclic amines) is 1. The van der Waals surface area contributed by atoms with Gasteiger partial charge in [-0.25, -0.2) is 0 Å². The molecule has 1 saturated heterocycles. The summed E-state index contributed by atoms with van der Waals surface area (Å²) in [5.41, 5.74) is 2.04. The summed E-state index contributed by atoms with van der Waals surface area (Å²) in [7, 11) is 1.62. The Kier molecular flexibility index (Phi) is 4.42. The maximum absolute atomic E-state index is 11.8. The minimum Gasteiger partial charge on any atom is -0.496 e. The number of carboxylic acid groups (broad SMARTS) is 1. The molecule has 6 nitrogen and oxygen atoms in total. The number of benzene rings is 2. The minimum atomic E-state index is -0.751. The van der Waals surface area contributed by atoms with E-state index in [0.717, 1.165) is 16.9 Å². The summed E-state index contributed by atoms with van der Waals surface area (Å²) in [6.07, 6.45) is 0. The second-order valence-electron chi connectivity index (χ2n) is 6.67. The summed E-state index contributed by atoms with van der Waals surface area (Å²) in [5, 5.41) is 9.67. The van der Waals surface area contributed by atoms with E-state index in [1.165, 1.54) is 0 Å². The van der Waals surface area contributed by atoms with Gasteiger partial charge in [-0.1, -0.05) is 30.3 Å². The lowest BCUT2D eigenvalue weighted by atomic mass is 9.89. The van der Waals surface area contributed by atoms with Crippen LogP contribution < -0.4 is 14.2 Å². The van der Waals surface area contributed by atoms with E-state index in [9.17, 15) is 9.90 Å². The first kappa shape index (κ1) is 16.7. The number of carbonyl (C=O) groups is 1. The molecule has 0 aliphatic carbocycles. The second kappa shape index (κ2) is 6.88. The van der Waals surface area contributed by atoms with Gasteiger partial charge in [-0.2, -0.15) is 0 Å². The smallest absolute Gasteiger partial charge is 0.308 e. The van der Waals surface area contributed by atoms with E-state index in [-0.39, 0.29) is 12.7 Å². The quantitative estimate of drug-likeness (QED) is 0.889. The Morgan fingerprint density at radius 2 is 1.92 bits per heavy atom. The molecule has 26 heavy (non-hydrogen) atoms. The molecule has 4 rings (SSSR count). The minimum absolute atomic E-state index is 0.0197. The van der Waals surface area contributed by atoms with Crippen LogP contribution in [0.1, 0.15) is 17.0 Å². The zero-order valence-electron chi connectivity index (χ0n) is 14.6. The van der Waals surface area contributed by atoms with E-state index in [1.54, 1.807) is 7.11 Å². The lowest BCUT2D eigenvalue weighted by molar-refractivity contribution is -0.141. The van der Waals surface area contributed by atoms with Gasteiger partial charge in [0.1, 0.15) is 5.75 Å². The van der Waals surface area contributed by atoms with E-state index in [0.29, 0.717) is 31.1 Å². The third-order valence-electron chi connectivity index (χ3n) is 5.11. The van der Waals surface area contributed by atoms with Gasteiger partial charge in [0.05, 0.1) is 13.0 Å². The Labute approximate surface area is 151 Å². The van der Waals surface area contributed by atoms with Gasteiger partial charge in [0.25, 0.3) is 0 Å². The number of hydrogen-bond acceptors (Lipinski definition) is 5. The first-order valence-corrected chi connectivity index (χ1v) is 8.62. The average molecular weight is 355 g/mol. The Balaban J connectivity index is 1.57. The van der Waals surface area contributed by atoms with Crippen LogP contribution in [0.15, 0.2) is 42.5 Å². The Morgan fingerprint density at radius 1 is 1.19 bits per heavy atom. The lowest BCUT2D eigenvalue weighted by Crippen LogP contribution is -2.23. The number of hydrogen-bond donors (Lipinski definition) is 1. The fraction of sp³-hybridized carbons (Fsp3) is 0.350. The van der Waals surface area contributed by atoms with Gasteiger partial charge in [-0.05, 0) is 11.6 Å². The predicted molar refractivity (Wildman–Crippen MR) is 94.7 cm³/mol. The summed E-state index contributed by atoms with van der Waals surface area (Å²) < 4.78 is 16.3. The van der Waals surface area contributed by atoms with Crippen molar-refractivity contribution in [1.82, 2.24) is 4.90 Å². The van der Waals surface area contributed by atoms with Crippen LogP contribution in [0.5, 0.6) is 17.2 Å². The van der Waals surface area contributed by atoms with Crippen molar-refractivity contribution in [3.63, 3.8) is 0 Å². The zero-order chi connectivity index (χ0) is 18.1. The molecule has 0 amide bonds. The van der Waals surface area contributed by atoms with Crippen LogP contribution in [0.2, 0.25) is 0 Å². The first-order valence-electron chi connectivity index (χ1n) is 8.62. The van der Waals surface area contributed by atoms with Crippen molar-refractivity contribution < 1.29 is 24.1 Å². The van der Waals surface area contributed by atoms with Crippen molar-refractivity contribution >= 4 is 5.97 Å². The molecule has 0 saturated carbocycles. The summed E-state index contributed by atoms with van der Waals surface area (Å²) in [4.78, 5) is 13.9. The Bertz CT molecular complexity index is 807. The summed E-state index contributed by atoms with van der Waals surface area (Å²) in [6.45, 7) is 2.01. The third kappa shape index (κ3) is 3.08. The van der Waals surface area contributed by atoms with Gasteiger partial charge in [0, 0.05) is 37.2 Å². The highest BCUT2D eigenvalue weighted by molar-refractivity contribution is 5.72. The average Bonchev–Trinajstić information content (AvgIpc) is 3.28. The van der Waals surface area contributed by atoms with E-state index in [1.807, 2.05) is 42.5 Å². The second-order valence-corrected chi connectivity index (χ2v) is 6.67. The molecular formula is C20H21NO5. The number of methoxy groups -OCH3 is 1. The zero-order valence-corrected chi connectivity index (χ0v) is 14.6. The van der Waals surface area contributed by atoms with Crippen molar-refractivity contribution in [2.45, 2.75) is 12.5 Å². The molecule has 2 aromatic rings. The molecule has 2 aromatic carbocycles.